The van der Waals surface area contributed by atoms with Crippen LogP contribution in [-0.2, 0) is 9.59 Å². The number of aromatic nitrogens is 1. The summed E-state index contributed by atoms with van der Waals surface area (Å²) >= 11 is 0. The highest BCUT2D eigenvalue weighted by Gasteiger charge is 2.38. The fourth-order valence-electron chi connectivity index (χ4n) is 5.30. The van der Waals surface area contributed by atoms with E-state index < -0.39 is 0 Å². The number of carbonyl (C=O) groups excluding carboxylic acids is 2. The molecule has 2 atom stereocenters. The van der Waals surface area contributed by atoms with Crippen LogP contribution in [0.2, 0.25) is 0 Å². The van der Waals surface area contributed by atoms with Gasteiger partial charge in [0, 0.05) is 48.6 Å². The molecule has 2 aromatic carbocycles. The van der Waals surface area contributed by atoms with Gasteiger partial charge in [-0.25, -0.2) is 0 Å². The van der Waals surface area contributed by atoms with Crippen molar-refractivity contribution in [2.24, 2.45) is 5.92 Å². The summed E-state index contributed by atoms with van der Waals surface area (Å²) in [4.78, 5) is 30.9. The van der Waals surface area contributed by atoms with Crippen LogP contribution in [0.5, 0.6) is 0 Å². The number of nitrogens with zero attached hydrogens (tertiary/aromatic N) is 1. The summed E-state index contributed by atoms with van der Waals surface area (Å²) < 4.78 is 0. The Hall–Kier alpha value is -3.08. The summed E-state index contributed by atoms with van der Waals surface area (Å²) in [5, 5.41) is 4.35. The number of rotatable bonds is 6. The summed E-state index contributed by atoms with van der Waals surface area (Å²) in [5.41, 5.74) is 3.44. The highest BCUT2D eigenvalue weighted by molar-refractivity contribution is 5.89. The Morgan fingerprint density at radius 2 is 1.81 bits per heavy atom. The molecule has 2 amide bonds. The minimum absolute atomic E-state index is 0.00498. The van der Waals surface area contributed by atoms with E-state index in [4.69, 9.17) is 0 Å². The minimum atomic E-state index is -0.243. The van der Waals surface area contributed by atoms with Gasteiger partial charge in [-0.3, -0.25) is 9.59 Å². The summed E-state index contributed by atoms with van der Waals surface area (Å²) in [6.45, 7) is 1.08. The number of likely N-dealkylation sites (tertiary alicyclic amines) is 1. The summed E-state index contributed by atoms with van der Waals surface area (Å²) in [6.07, 6.45) is 6.93. The third-order valence-electron chi connectivity index (χ3n) is 6.97. The molecule has 31 heavy (non-hydrogen) atoms. The van der Waals surface area contributed by atoms with Gasteiger partial charge in [-0.2, -0.15) is 0 Å². The second kappa shape index (κ2) is 8.58. The van der Waals surface area contributed by atoms with Crippen molar-refractivity contribution in [1.29, 1.82) is 0 Å². The van der Waals surface area contributed by atoms with Gasteiger partial charge >= 0.3 is 0 Å². The Morgan fingerprint density at radius 3 is 2.61 bits per heavy atom. The number of fused-ring (bicyclic) bond motifs is 1. The van der Waals surface area contributed by atoms with Gasteiger partial charge < -0.3 is 15.2 Å². The molecule has 1 aliphatic carbocycles. The van der Waals surface area contributed by atoms with Crippen molar-refractivity contribution in [3.05, 3.63) is 71.9 Å². The Bertz CT molecular complexity index is 1070. The molecule has 160 valence electrons. The summed E-state index contributed by atoms with van der Waals surface area (Å²) in [5.74, 6) is -0.0604. The quantitative estimate of drug-likeness (QED) is 0.633. The van der Waals surface area contributed by atoms with E-state index in [-0.39, 0.29) is 23.7 Å². The van der Waals surface area contributed by atoms with Gasteiger partial charge in [0.15, 0.2) is 0 Å². The average Bonchev–Trinajstić information content (AvgIpc) is 3.54. The normalized spacial score (nSPS) is 20.5. The van der Waals surface area contributed by atoms with E-state index in [2.05, 4.69) is 40.8 Å². The molecule has 0 bridgehead atoms. The number of nitrogens with one attached hydrogen (secondary N) is 2. The van der Waals surface area contributed by atoms with E-state index >= 15 is 0 Å². The van der Waals surface area contributed by atoms with Crippen LogP contribution in [0.4, 0.5) is 0 Å². The molecule has 2 N–H and O–H groups in total. The third kappa shape index (κ3) is 3.97. The molecular weight excluding hydrogens is 386 g/mol. The van der Waals surface area contributed by atoms with Crippen molar-refractivity contribution in [2.75, 3.05) is 13.1 Å². The first-order chi connectivity index (χ1) is 15.2. The number of hydrogen-bond donors (Lipinski definition) is 2. The van der Waals surface area contributed by atoms with Crippen molar-refractivity contribution < 1.29 is 9.59 Å². The van der Waals surface area contributed by atoms with Gasteiger partial charge in [0.2, 0.25) is 11.8 Å². The zero-order valence-corrected chi connectivity index (χ0v) is 17.7. The number of para-hydroxylation sites is 1. The lowest BCUT2D eigenvalue weighted by Gasteiger charge is -2.24. The highest BCUT2D eigenvalue weighted by atomic mass is 16.2. The fourth-order valence-corrected chi connectivity index (χ4v) is 5.30. The van der Waals surface area contributed by atoms with Gasteiger partial charge in [-0.05, 0) is 30.0 Å². The van der Waals surface area contributed by atoms with Crippen LogP contribution < -0.4 is 5.32 Å². The van der Waals surface area contributed by atoms with E-state index in [1.807, 2.05) is 35.2 Å². The van der Waals surface area contributed by atoms with Crippen LogP contribution in [0.3, 0.4) is 0 Å². The molecule has 5 rings (SSSR count). The van der Waals surface area contributed by atoms with Crippen molar-refractivity contribution in [2.45, 2.75) is 44.1 Å². The second-order valence-corrected chi connectivity index (χ2v) is 8.88. The van der Waals surface area contributed by atoms with Crippen molar-refractivity contribution >= 4 is 22.7 Å². The van der Waals surface area contributed by atoms with Gasteiger partial charge in [0.05, 0.1) is 5.92 Å². The SMILES string of the molecule is O=C(NC[C@@H](c1ccccc1)c1c[nH]c2ccccc12)[C@H]1CC(=O)N(C2CCCC2)C1. The molecular formula is C26H29N3O2. The summed E-state index contributed by atoms with van der Waals surface area (Å²) in [6, 6.07) is 18.9. The molecule has 1 aliphatic heterocycles. The van der Waals surface area contributed by atoms with Crippen LogP contribution >= 0.6 is 0 Å². The standard InChI is InChI=1S/C26H29N3O2/c30-25-14-19(17-29(25)20-10-4-5-11-20)26(31)28-15-22(18-8-2-1-3-9-18)23-16-27-24-13-7-6-12-21(23)24/h1-3,6-9,12-13,16,19-20,22,27H,4-5,10-11,14-15,17H2,(H,28,31)/t19-,22-/m0/s1. The van der Waals surface area contributed by atoms with E-state index in [1.165, 1.54) is 29.4 Å². The first-order valence-electron chi connectivity index (χ1n) is 11.4. The largest absolute Gasteiger partial charge is 0.361 e. The zero-order valence-electron chi connectivity index (χ0n) is 17.7. The molecule has 1 saturated heterocycles. The maximum Gasteiger partial charge on any atom is 0.225 e. The van der Waals surface area contributed by atoms with Crippen LogP contribution in [-0.4, -0.2) is 40.8 Å². The van der Waals surface area contributed by atoms with Crippen LogP contribution in [0.1, 0.15) is 49.1 Å². The number of carbonyl (C=O) groups is 2. The van der Waals surface area contributed by atoms with Crippen LogP contribution in [0.25, 0.3) is 10.9 Å². The molecule has 5 nitrogen and oxygen atoms in total. The van der Waals surface area contributed by atoms with E-state index in [9.17, 15) is 9.59 Å². The average molecular weight is 416 g/mol. The Balaban J connectivity index is 1.32. The van der Waals surface area contributed by atoms with Crippen molar-refractivity contribution in [3.63, 3.8) is 0 Å². The number of amides is 2. The Morgan fingerprint density at radius 1 is 1.06 bits per heavy atom. The van der Waals surface area contributed by atoms with Crippen molar-refractivity contribution in [3.8, 4) is 0 Å². The molecule has 2 fully saturated rings. The Kier molecular flexibility index (Phi) is 5.49. The number of H-pyrrole nitrogens is 1. The lowest BCUT2D eigenvalue weighted by atomic mass is 9.90. The first-order valence-corrected chi connectivity index (χ1v) is 11.4. The van der Waals surface area contributed by atoms with Crippen molar-refractivity contribution in [1.82, 2.24) is 15.2 Å². The Labute approximate surface area is 182 Å². The van der Waals surface area contributed by atoms with Gasteiger partial charge in [0.1, 0.15) is 0 Å². The summed E-state index contributed by atoms with van der Waals surface area (Å²) in [7, 11) is 0. The van der Waals surface area contributed by atoms with Gasteiger partial charge in [0.25, 0.3) is 0 Å². The predicted molar refractivity (Wildman–Crippen MR) is 122 cm³/mol. The first kappa shape index (κ1) is 19.9. The van der Waals surface area contributed by atoms with Gasteiger partial charge in [-0.1, -0.05) is 61.4 Å². The monoisotopic (exact) mass is 415 g/mol. The zero-order chi connectivity index (χ0) is 21.2. The topological polar surface area (TPSA) is 65.2 Å². The molecule has 2 aliphatic rings. The lowest BCUT2D eigenvalue weighted by Crippen LogP contribution is -2.38. The smallest absolute Gasteiger partial charge is 0.225 e. The molecule has 1 aromatic heterocycles. The molecule has 3 aromatic rings. The highest BCUT2D eigenvalue weighted by Crippen LogP contribution is 2.32. The van der Waals surface area contributed by atoms with E-state index in [0.29, 0.717) is 25.6 Å². The fraction of sp³-hybridized carbons (Fsp3) is 0.385. The lowest BCUT2D eigenvalue weighted by molar-refractivity contribution is -0.130. The third-order valence-corrected chi connectivity index (χ3v) is 6.97. The maximum atomic E-state index is 13.0. The number of hydrogen-bond acceptors (Lipinski definition) is 2. The molecule has 1 saturated carbocycles. The number of benzene rings is 2. The number of aromatic amines is 1. The molecule has 0 spiro atoms. The van der Waals surface area contributed by atoms with Gasteiger partial charge in [-0.15, -0.1) is 0 Å². The predicted octanol–water partition coefficient (Wildman–Crippen LogP) is 4.21. The second-order valence-electron chi connectivity index (χ2n) is 8.88. The molecule has 0 radical (unpaired) electrons. The van der Waals surface area contributed by atoms with Crippen LogP contribution in [0.15, 0.2) is 60.8 Å². The van der Waals surface area contributed by atoms with Crippen LogP contribution in [0, 0.1) is 5.92 Å². The molecule has 2 heterocycles. The minimum Gasteiger partial charge on any atom is -0.361 e. The molecule has 5 heteroatoms. The van der Waals surface area contributed by atoms with E-state index in [1.54, 1.807) is 0 Å². The van der Waals surface area contributed by atoms with E-state index in [0.717, 1.165) is 18.4 Å². The maximum absolute atomic E-state index is 13.0. The molecule has 0 unspecified atom stereocenters.